The molecule has 10 rings (SSSR count). The molecule has 228 valence electrons. The van der Waals surface area contributed by atoms with Crippen molar-refractivity contribution in [3.8, 4) is 45.3 Å². The van der Waals surface area contributed by atoms with Crippen molar-refractivity contribution < 1.29 is 0 Å². The second kappa shape index (κ2) is 11.2. The molecule has 0 atom stereocenters. The molecule has 0 N–H and O–H groups in total. The van der Waals surface area contributed by atoms with Gasteiger partial charge >= 0.3 is 0 Å². The van der Waals surface area contributed by atoms with Crippen molar-refractivity contribution in [2.24, 2.45) is 0 Å². The van der Waals surface area contributed by atoms with Crippen molar-refractivity contribution >= 4 is 63.8 Å². The molecule has 0 amide bonds. The van der Waals surface area contributed by atoms with E-state index in [1.807, 2.05) is 29.5 Å². The Morgan fingerprint density at radius 2 is 0.878 bits per heavy atom. The largest absolute Gasteiger partial charge is 0.208 e. The summed E-state index contributed by atoms with van der Waals surface area (Å²) in [6.07, 6.45) is 0. The molecule has 0 unspecified atom stereocenters. The Morgan fingerprint density at radius 1 is 0.306 bits per heavy atom. The lowest BCUT2D eigenvalue weighted by molar-refractivity contribution is 1.07. The van der Waals surface area contributed by atoms with Crippen LogP contribution in [0.25, 0.3) is 97.8 Å². The maximum Gasteiger partial charge on any atom is 0.164 e. The van der Waals surface area contributed by atoms with Crippen molar-refractivity contribution in [3.05, 3.63) is 164 Å². The van der Waals surface area contributed by atoms with Crippen molar-refractivity contribution in [2.75, 3.05) is 0 Å². The van der Waals surface area contributed by atoms with Gasteiger partial charge in [-0.3, -0.25) is 0 Å². The molecular formula is C45H27N3S. The van der Waals surface area contributed by atoms with Crippen LogP contribution < -0.4 is 0 Å². The molecule has 8 aromatic carbocycles. The van der Waals surface area contributed by atoms with E-state index >= 15 is 0 Å². The van der Waals surface area contributed by atoms with E-state index in [2.05, 4.69) is 146 Å². The van der Waals surface area contributed by atoms with E-state index in [1.165, 1.54) is 58.1 Å². The Morgan fingerprint density at radius 3 is 1.67 bits per heavy atom. The quantitative estimate of drug-likeness (QED) is 0.142. The summed E-state index contributed by atoms with van der Waals surface area (Å²) in [5.74, 6) is 1.98. The van der Waals surface area contributed by atoms with Gasteiger partial charge in [0.15, 0.2) is 17.5 Å². The van der Waals surface area contributed by atoms with Gasteiger partial charge in [0.25, 0.3) is 0 Å². The summed E-state index contributed by atoms with van der Waals surface area (Å²) in [6.45, 7) is 0. The first-order chi connectivity index (χ1) is 24.3. The fourth-order valence-corrected chi connectivity index (χ4v) is 8.22. The zero-order chi connectivity index (χ0) is 32.3. The molecule has 0 saturated carbocycles. The van der Waals surface area contributed by atoms with Crippen LogP contribution in [-0.4, -0.2) is 15.0 Å². The Balaban J connectivity index is 1.14. The van der Waals surface area contributed by atoms with Gasteiger partial charge < -0.3 is 0 Å². The van der Waals surface area contributed by atoms with E-state index in [0.29, 0.717) is 17.5 Å². The van der Waals surface area contributed by atoms with E-state index in [9.17, 15) is 0 Å². The monoisotopic (exact) mass is 641 g/mol. The summed E-state index contributed by atoms with van der Waals surface area (Å²) in [5, 5.41) is 9.98. The van der Waals surface area contributed by atoms with Gasteiger partial charge in [0.05, 0.1) is 0 Å². The molecule has 4 heteroatoms. The molecule has 49 heavy (non-hydrogen) atoms. The minimum Gasteiger partial charge on any atom is -0.208 e. The SMILES string of the molecule is c1ccc(-c2nc(-c3ccc(-c4c5ccccc5cc5c4ccc4ccccc45)cc3)nc(-c3ccc4sc5ccccc5c4c3)n2)cc1. The summed E-state index contributed by atoms with van der Waals surface area (Å²) in [7, 11) is 0. The normalized spacial score (nSPS) is 11.7. The minimum atomic E-state index is 0.652. The van der Waals surface area contributed by atoms with Crippen molar-refractivity contribution in [3.63, 3.8) is 0 Å². The van der Waals surface area contributed by atoms with Crippen molar-refractivity contribution in [1.82, 2.24) is 15.0 Å². The van der Waals surface area contributed by atoms with Gasteiger partial charge in [0.1, 0.15) is 0 Å². The number of fused-ring (bicyclic) bond motifs is 7. The maximum absolute atomic E-state index is 5.09. The van der Waals surface area contributed by atoms with Crippen molar-refractivity contribution in [1.29, 1.82) is 0 Å². The third-order valence-corrected chi connectivity index (χ3v) is 10.7. The molecule has 0 radical (unpaired) electrons. The van der Waals surface area contributed by atoms with Gasteiger partial charge in [-0.15, -0.1) is 11.3 Å². The Bertz CT molecular complexity index is 2870. The third-order valence-electron chi connectivity index (χ3n) is 9.50. The molecule has 0 fully saturated rings. The molecule has 0 aliphatic carbocycles. The summed E-state index contributed by atoms with van der Waals surface area (Å²) >= 11 is 1.81. The van der Waals surface area contributed by atoms with Crippen LogP contribution in [0, 0.1) is 0 Å². The lowest BCUT2D eigenvalue weighted by Crippen LogP contribution is -2.00. The Hall–Kier alpha value is -6.23. The lowest BCUT2D eigenvalue weighted by Gasteiger charge is -2.14. The van der Waals surface area contributed by atoms with Crippen LogP contribution in [0.4, 0.5) is 0 Å². The minimum absolute atomic E-state index is 0.652. The second-order valence-electron chi connectivity index (χ2n) is 12.4. The molecule has 2 heterocycles. The molecule has 0 aliphatic heterocycles. The Labute approximate surface area is 286 Å². The van der Waals surface area contributed by atoms with Gasteiger partial charge in [0, 0.05) is 36.9 Å². The first-order valence-corrected chi connectivity index (χ1v) is 17.3. The molecular weight excluding hydrogens is 615 g/mol. The zero-order valence-electron chi connectivity index (χ0n) is 26.3. The van der Waals surface area contributed by atoms with Gasteiger partial charge in [-0.2, -0.15) is 0 Å². The van der Waals surface area contributed by atoms with Crippen LogP contribution >= 0.6 is 11.3 Å². The molecule has 0 saturated heterocycles. The van der Waals surface area contributed by atoms with Gasteiger partial charge in [0.2, 0.25) is 0 Å². The molecule has 3 nitrogen and oxygen atoms in total. The topological polar surface area (TPSA) is 38.7 Å². The number of hydrogen-bond donors (Lipinski definition) is 0. The number of benzene rings is 8. The summed E-state index contributed by atoms with van der Waals surface area (Å²) < 4.78 is 2.54. The highest BCUT2D eigenvalue weighted by Crippen LogP contribution is 2.40. The Kier molecular flexibility index (Phi) is 6.36. The summed E-state index contributed by atoms with van der Waals surface area (Å²) in [5.41, 5.74) is 5.28. The average molecular weight is 642 g/mol. The van der Waals surface area contributed by atoms with Gasteiger partial charge in [-0.05, 0) is 73.8 Å². The van der Waals surface area contributed by atoms with Crippen LogP contribution in [0.3, 0.4) is 0 Å². The standard InChI is InChI=1S/C45H27N3S/c1-2-11-30(12-3-1)43-46-44(48-45(47-43)33-23-25-41-39(27-33)36-16-8-9-17-40(36)49-41)31-20-18-29(19-21-31)42-35-15-7-5-13-32(35)26-38-34-14-6-4-10-28(34)22-24-37(38)42/h1-27H. The first-order valence-electron chi connectivity index (χ1n) is 16.4. The summed E-state index contributed by atoms with van der Waals surface area (Å²) in [6, 6.07) is 58.1. The molecule has 0 spiro atoms. The highest BCUT2D eigenvalue weighted by molar-refractivity contribution is 7.25. The van der Waals surface area contributed by atoms with Crippen LogP contribution in [-0.2, 0) is 0 Å². The van der Waals surface area contributed by atoms with E-state index in [0.717, 1.165) is 22.3 Å². The number of rotatable bonds is 4. The van der Waals surface area contributed by atoms with Crippen molar-refractivity contribution in [2.45, 2.75) is 0 Å². The second-order valence-corrected chi connectivity index (χ2v) is 13.5. The number of aromatic nitrogens is 3. The molecule has 2 aromatic heterocycles. The fourth-order valence-electron chi connectivity index (χ4n) is 7.13. The highest BCUT2D eigenvalue weighted by Gasteiger charge is 2.16. The van der Waals surface area contributed by atoms with E-state index in [1.54, 1.807) is 0 Å². The fraction of sp³-hybridized carbons (Fsp3) is 0. The maximum atomic E-state index is 5.09. The molecule has 10 aromatic rings. The lowest BCUT2D eigenvalue weighted by atomic mass is 9.89. The smallest absolute Gasteiger partial charge is 0.164 e. The molecule has 0 aliphatic rings. The van der Waals surface area contributed by atoms with Crippen LogP contribution in [0.1, 0.15) is 0 Å². The van der Waals surface area contributed by atoms with Crippen LogP contribution in [0.5, 0.6) is 0 Å². The highest BCUT2D eigenvalue weighted by atomic mass is 32.1. The number of hydrogen-bond acceptors (Lipinski definition) is 4. The molecule has 0 bridgehead atoms. The van der Waals surface area contributed by atoms with Gasteiger partial charge in [-0.1, -0.05) is 133 Å². The average Bonchev–Trinajstić information content (AvgIpc) is 3.55. The predicted octanol–water partition coefficient (Wildman–Crippen LogP) is 12.4. The summed E-state index contributed by atoms with van der Waals surface area (Å²) in [4.78, 5) is 15.1. The first kappa shape index (κ1) is 27.8. The predicted molar refractivity (Wildman–Crippen MR) is 207 cm³/mol. The van der Waals surface area contributed by atoms with E-state index in [4.69, 9.17) is 15.0 Å². The number of nitrogens with zero attached hydrogens (tertiary/aromatic N) is 3. The van der Waals surface area contributed by atoms with E-state index in [-0.39, 0.29) is 0 Å². The zero-order valence-corrected chi connectivity index (χ0v) is 27.2. The van der Waals surface area contributed by atoms with E-state index < -0.39 is 0 Å². The van der Waals surface area contributed by atoms with Crippen LogP contribution in [0.2, 0.25) is 0 Å². The van der Waals surface area contributed by atoms with Crippen LogP contribution in [0.15, 0.2) is 164 Å². The third kappa shape index (κ3) is 4.68. The number of thiophene rings is 1. The van der Waals surface area contributed by atoms with Gasteiger partial charge in [-0.25, -0.2) is 15.0 Å².